The smallest absolute Gasteiger partial charge is 0.161 e. The van der Waals surface area contributed by atoms with Crippen molar-refractivity contribution in [1.82, 2.24) is 5.32 Å². The van der Waals surface area contributed by atoms with Gasteiger partial charge < -0.3 is 25.0 Å². The molecule has 24 heavy (non-hydrogen) atoms. The number of aliphatic hydroxyl groups is 1. The molecule has 0 fully saturated rings. The number of halogens is 1. The van der Waals surface area contributed by atoms with E-state index in [1.807, 2.05) is 31.2 Å². The van der Waals surface area contributed by atoms with Gasteiger partial charge in [0.15, 0.2) is 11.5 Å². The first kappa shape index (κ1) is 18.4. The number of aromatic hydroxyl groups is 1. The van der Waals surface area contributed by atoms with Gasteiger partial charge in [-0.2, -0.15) is 0 Å². The van der Waals surface area contributed by atoms with E-state index >= 15 is 0 Å². The van der Waals surface area contributed by atoms with Crippen molar-refractivity contribution < 1.29 is 19.7 Å². The number of hydrogen-bond donors (Lipinski definition) is 3. The van der Waals surface area contributed by atoms with Crippen molar-refractivity contribution in [2.45, 2.75) is 25.2 Å². The molecule has 130 valence electrons. The van der Waals surface area contributed by atoms with E-state index in [1.54, 1.807) is 24.3 Å². The first-order chi connectivity index (χ1) is 11.1. The van der Waals surface area contributed by atoms with E-state index in [0.717, 1.165) is 17.1 Å². The van der Waals surface area contributed by atoms with Gasteiger partial charge in [0.1, 0.15) is 18.5 Å². The number of benzene rings is 2. The van der Waals surface area contributed by atoms with Gasteiger partial charge in [-0.25, -0.2) is 0 Å². The van der Waals surface area contributed by atoms with Crippen LogP contribution >= 0.6 is 12.4 Å². The fourth-order valence-corrected chi connectivity index (χ4v) is 2.55. The average Bonchev–Trinajstić information content (AvgIpc) is 2.59. The largest absolute Gasteiger partial charge is 0.508 e. The van der Waals surface area contributed by atoms with E-state index in [2.05, 4.69) is 5.32 Å². The van der Waals surface area contributed by atoms with Gasteiger partial charge in [-0.3, -0.25) is 0 Å². The standard InChI is InChI=1S/C18H21NO4.ClH/c1-12(18(21)13-6-8-14(20)9-7-13)19-10-15-11-22-16-4-2-3-5-17(16)23-15;/h2-9,12,15,18-21H,10-11H2,1H3;1H. The first-order valence-electron chi connectivity index (χ1n) is 7.72. The fourth-order valence-electron chi connectivity index (χ4n) is 2.55. The lowest BCUT2D eigenvalue weighted by Crippen LogP contribution is -2.43. The van der Waals surface area contributed by atoms with Gasteiger partial charge in [-0.1, -0.05) is 24.3 Å². The number of hydrogen-bond acceptors (Lipinski definition) is 5. The van der Waals surface area contributed by atoms with Crippen LogP contribution in [0.25, 0.3) is 0 Å². The van der Waals surface area contributed by atoms with E-state index in [1.165, 1.54) is 0 Å². The number of ether oxygens (including phenoxy) is 2. The molecule has 3 rings (SSSR count). The molecule has 0 saturated heterocycles. The van der Waals surface area contributed by atoms with E-state index in [9.17, 15) is 10.2 Å². The van der Waals surface area contributed by atoms with Crippen LogP contribution in [-0.2, 0) is 0 Å². The molecule has 0 spiro atoms. The van der Waals surface area contributed by atoms with Gasteiger partial charge in [0.05, 0.1) is 6.10 Å². The first-order valence-corrected chi connectivity index (χ1v) is 7.72. The fraction of sp³-hybridized carbons (Fsp3) is 0.333. The molecule has 0 amide bonds. The summed E-state index contributed by atoms with van der Waals surface area (Å²) in [5, 5.41) is 22.9. The molecule has 3 atom stereocenters. The number of para-hydroxylation sites is 2. The zero-order valence-electron chi connectivity index (χ0n) is 13.4. The van der Waals surface area contributed by atoms with E-state index in [4.69, 9.17) is 9.47 Å². The van der Waals surface area contributed by atoms with Gasteiger partial charge in [-0.05, 0) is 36.8 Å². The summed E-state index contributed by atoms with van der Waals surface area (Å²) >= 11 is 0. The summed E-state index contributed by atoms with van der Waals surface area (Å²) in [7, 11) is 0. The number of fused-ring (bicyclic) bond motifs is 1. The second kappa shape index (κ2) is 8.24. The summed E-state index contributed by atoms with van der Waals surface area (Å²) in [6.45, 7) is 2.96. The lowest BCUT2D eigenvalue weighted by Gasteiger charge is -2.28. The Balaban J connectivity index is 0.00000208. The topological polar surface area (TPSA) is 71.0 Å². The van der Waals surface area contributed by atoms with Crippen LogP contribution in [0.1, 0.15) is 18.6 Å². The monoisotopic (exact) mass is 351 g/mol. The van der Waals surface area contributed by atoms with E-state index in [-0.39, 0.29) is 30.3 Å². The summed E-state index contributed by atoms with van der Waals surface area (Å²) in [6, 6.07) is 14.0. The van der Waals surface area contributed by atoms with Crippen molar-refractivity contribution in [1.29, 1.82) is 0 Å². The van der Waals surface area contributed by atoms with E-state index in [0.29, 0.717) is 13.2 Å². The molecule has 2 aromatic rings. The number of nitrogens with one attached hydrogen (secondary N) is 1. The highest BCUT2D eigenvalue weighted by Crippen LogP contribution is 2.30. The molecule has 0 saturated carbocycles. The molecule has 1 aliphatic heterocycles. The Labute approximate surface area is 147 Å². The maximum Gasteiger partial charge on any atom is 0.161 e. The molecule has 0 aromatic heterocycles. The number of rotatable bonds is 5. The minimum atomic E-state index is -0.660. The third-order valence-corrected chi connectivity index (χ3v) is 3.94. The van der Waals surface area contributed by atoms with Crippen molar-refractivity contribution in [3.63, 3.8) is 0 Å². The predicted octanol–water partition coefficient (Wildman–Crippen LogP) is 2.67. The number of phenols is 1. The molecule has 0 aliphatic carbocycles. The Morgan fingerprint density at radius 1 is 1.12 bits per heavy atom. The van der Waals surface area contributed by atoms with Crippen LogP contribution in [0.15, 0.2) is 48.5 Å². The van der Waals surface area contributed by atoms with Gasteiger partial charge in [0, 0.05) is 12.6 Å². The summed E-state index contributed by atoms with van der Waals surface area (Å²) in [5.74, 6) is 1.70. The number of phenolic OH excluding ortho intramolecular Hbond substituents is 1. The summed E-state index contributed by atoms with van der Waals surface area (Å²) < 4.78 is 11.6. The third kappa shape index (κ3) is 4.32. The van der Waals surface area contributed by atoms with Gasteiger partial charge in [0.25, 0.3) is 0 Å². The highest BCUT2D eigenvalue weighted by Gasteiger charge is 2.23. The van der Waals surface area contributed by atoms with Gasteiger partial charge in [0.2, 0.25) is 0 Å². The molecule has 1 aliphatic rings. The van der Waals surface area contributed by atoms with Crippen molar-refractivity contribution in [3.8, 4) is 17.2 Å². The quantitative estimate of drug-likeness (QED) is 0.772. The summed E-state index contributed by atoms with van der Waals surface area (Å²) in [6.07, 6.45) is -0.758. The second-order valence-electron chi connectivity index (χ2n) is 5.73. The lowest BCUT2D eigenvalue weighted by atomic mass is 10.0. The van der Waals surface area contributed by atoms with Crippen LogP contribution in [0.2, 0.25) is 0 Å². The molecule has 1 heterocycles. The summed E-state index contributed by atoms with van der Waals surface area (Å²) in [4.78, 5) is 0. The highest BCUT2D eigenvalue weighted by atomic mass is 35.5. The normalized spacial score (nSPS) is 18.3. The van der Waals surface area contributed by atoms with Crippen LogP contribution in [0.5, 0.6) is 17.2 Å². The van der Waals surface area contributed by atoms with Gasteiger partial charge >= 0.3 is 0 Å². The molecule has 3 N–H and O–H groups in total. The Hall–Kier alpha value is -1.95. The Morgan fingerprint density at radius 2 is 1.79 bits per heavy atom. The molecule has 3 unspecified atom stereocenters. The molecular formula is C18H22ClNO4. The zero-order valence-corrected chi connectivity index (χ0v) is 14.2. The molecule has 0 radical (unpaired) electrons. The number of aliphatic hydroxyl groups excluding tert-OH is 1. The van der Waals surface area contributed by atoms with Crippen molar-refractivity contribution in [3.05, 3.63) is 54.1 Å². The Morgan fingerprint density at radius 3 is 2.50 bits per heavy atom. The molecule has 6 heteroatoms. The molecule has 2 aromatic carbocycles. The van der Waals surface area contributed by atoms with Crippen LogP contribution in [0, 0.1) is 0 Å². The Kier molecular flexibility index (Phi) is 6.31. The minimum absolute atomic E-state index is 0. The predicted molar refractivity (Wildman–Crippen MR) is 94.1 cm³/mol. The van der Waals surface area contributed by atoms with Crippen molar-refractivity contribution >= 4 is 12.4 Å². The van der Waals surface area contributed by atoms with Crippen LogP contribution in [0.3, 0.4) is 0 Å². The molecular weight excluding hydrogens is 330 g/mol. The van der Waals surface area contributed by atoms with Crippen molar-refractivity contribution in [2.24, 2.45) is 0 Å². The van der Waals surface area contributed by atoms with Crippen LogP contribution in [-0.4, -0.2) is 35.5 Å². The summed E-state index contributed by atoms with van der Waals surface area (Å²) in [5.41, 5.74) is 0.758. The maximum atomic E-state index is 10.4. The SMILES string of the molecule is CC(NCC1COc2ccccc2O1)C(O)c1ccc(O)cc1.Cl. The zero-order chi connectivity index (χ0) is 16.2. The van der Waals surface area contributed by atoms with Crippen molar-refractivity contribution in [2.75, 3.05) is 13.2 Å². The minimum Gasteiger partial charge on any atom is -0.508 e. The molecule has 5 nitrogen and oxygen atoms in total. The lowest BCUT2D eigenvalue weighted by molar-refractivity contribution is 0.0772. The van der Waals surface area contributed by atoms with E-state index < -0.39 is 6.10 Å². The highest BCUT2D eigenvalue weighted by molar-refractivity contribution is 5.85. The maximum absolute atomic E-state index is 10.4. The third-order valence-electron chi connectivity index (χ3n) is 3.94. The van der Waals surface area contributed by atoms with Gasteiger partial charge in [-0.15, -0.1) is 12.4 Å². The molecule has 0 bridgehead atoms. The second-order valence-corrected chi connectivity index (χ2v) is 5.73. The van der Waals surface area contributed by atoms with Crippen LogP contribution < -0.4 is 14.8 Å². The average molecular weight is 352 g/mol. The van der Waals surface area contributed by atoms with Crippen LogP contribution in [0.4, 0.5) is 0 Å². The Bertz CT molecular complexity index is 650.